The Bertz CT molecular complexity index is 302. The highest BCUT2D eigenvalue weighted by Crippen LogP contribution is 2.14. The molecule has 1 rings (SSSR count). The van der Waals surface area contributed by atoms with Gasteiger partial charge >= 0.3 is 0 Å². The van der Waals surface area contributed by atoms with Crippen molar-refractivity contribution in [2.75, 3.05) is 16.8 Å². The lowest BCUT2D eigenvalue weighted by Gasteiger charge is -2.27. The molecule has 0 bridgehead atoms. The standard InChI is InChI=1S/C11H18BrN3/c1-9(2)15(6-4-5-12)11-7-10(3)13-8-14-11/h7-9H,4-6H2,1-3H3. The van der Waals surface area contributed by atoms with Gasteiger partial charge in [0.05, 0.1) is 0 Å². The SMILES string of the molecule is Cc1cc(N(CCCBr)C(C)C)ncn1. The Morgan fingerprint density at radius 2 is 2.13 bits per heavy atom. The monoisotopic (exact) mass is 271 g/mol. The van der Waals surface area contributed by atoms with Crippen LogP contribution in [0.25, 0.3) is 0 Å². The highest BCUT2D eigenvalue weighted by molar-refractivity contribution is 9.09. The second kappa shape index (κ2) is 6.05. The number of anilines is 1. The van der Waals surface area contributed by atoms with Crippen molar-refractivity contribution < 1.29 is 0 Å². The van der Waals surface area contributed by atoms with Crippen LogP contribution in [0.3, 0.4) is 0 Å². The summed E-state index contributed by atoms with van der Waals surface area (Å²) in [5, 5.41) is 1.03. The van der Waals surface area contributed by atoms with Gasteiger partial charge in [0.15, 0.2) is 0 Å². The van der Waals surface area contributed by atoms with E-state index in [1.807, 2.05) is 13.0 Å². The van der Waals surface area contributed by atoms with Crippen LogP contribution in [0.4, 0.5) is 5.82 Å². The molecular weight excluding hydrogens is 254 g/mol. The highest BCUT2D eigenvalue weighted by atomic mass is 79.9. The average molecular weight is 272 g/mol. The van der Waals surface area contributed by atoms with Gasteiger partial charge in [0.25, 0.3) is 0 Å². The molecular formula is C11H18BrN3. The van der Waals surface area contributed by atoms with E-state index in [1.165, 1.54) is 0 Å². The molecule has 84 valence electrons. The number of nitrogens with zero attached hydrogens (tertiary/aromatic N) is 3. The van der Waals surface area contributed by atoms with Gasteiger partial charge in [0.1, 0.15) is 12.1 Å². The minimum Gasteiger partial charge on any atom is -0.354 e. The highest BCUT2D eigenvalue weighted by Gasteiger charge is 2.11. The molecule has 0 aliphatic carbocycles. The average Bonchev–Trinajstić information content (AvgIpc) is 2.18. The minimum atomic E-state index is 0.471. The third-order valence-electron chi connectivity index (χ3n) is 2.24. The van der Waals surface area contributed by atoms with E-state index in [2.05, 4.69) is 44.6 Å². The zero-order chi connectivity index (χ0) is 11.3. The first-order valence-corrected chi connectivity index (χ1v) is 6.38. The van der Waals surface area contributed by atoms with Crippen molar-refractivity contribution >= 4 is 21.7 Å². The van der Waals surface area contributed by atoms with Crippen molar-refractivity contribution in [2.45, 2.75) is 33.2 Å². The Balaban J connectivity index is 2.79. The number of aromatic nitrogens is 2. The van der Waals surface area contributed by atoms with E-state index >= 15 is 0 Å². The first kappa shape index (κ1) is 12.4. The van der Waals surface area contributed by atoms with Crippen LogP contribution in [-0.2, 0) is 0 Å². The summed E-state index contributed by atoms with van der Waals surface area (Å²) in [5.74, 6) is 1.03. The Kier molecular flexibility index (Phi) is 5.02. The van der Waals surface area contributed by atoms with Crippen LogP contribution in [0.15, 0.2) is 12.4 Å². The van der Waals surface area contributed by atoms with Crippen LogP contribution in [0.1, 0.15) is 26.0 Å². The smallest absolute Gasteiger partial charge is 0.132 e. The molecule has 0 aliphatic heterocycles. The number of hydrogen-bond acceptors (Lipinski definition) is 3. The molecule has 1 heterocycles. The number of halogens is 1. The Labute approximate surface area is 100 Å². The summed E-state index contributed by atoms with van der Waals surface area (Å²) in [4.78, 5) is 10.7. The summed E-state index contributed by atoms with van der Waals surface area (Å²) in [7, 11) is 0. The van der Waals surface area contributed by atoms with Crippen LogP contribution in [0.2, 0.25) is 0 Å². The molecule has 0 N–H and O–H groups in total. The first-order chi connectivity index (χ1) is 7.15. The molecule has 0 aromatic carbocycles. The summed E-state index contributed by atoms with van der Waals surface area (Å²) < 4.78 is 0. The summed E-state index contributed by atoms with van der Waals surface area (Å²) in [6.45, 7) is 7.39. The molecule has 1 aromatic rings. The van der Waals surface area contributed by atoms with Crippen molar-refractivity contribution in [1.29, 1.82) is 0 Å². The van der Waals surface area contributed by atoms with Gasteiger partial charge in [-0.3, -0.25) is 0 Å². The van der Waals surface area contributed by atoms with Gasteiger partial charge in [0, 0.05) is 29.7 Å². The predicted octanol–water partition coefficient (Wildman–Crippen LogP) is 2.78. The van der Waals surface area contributed by atoms with E-state index in [4.69, 9.17) is 0 Å². The van der Waals surface area contributed by atoms with Gasteiger partial charge in [0.2, 0.25) is 0 Å². The van der Waals surface area contributed by atoms with Gasteiger partial charge in [-0.25, -0.2) is 9.97 Å². The first-order valence-electron chi connectivity index (χ1n) is 5.26. The normalized spacial score (nSPS) is 10.7. The fraction of sp³-hybridized carbons (Fsp3) is 0.636. The molecule has 0 atom stereocenters. The second-order valence-corrected chi connectivity index (χ2v) is 4.64. The van der Waals surface area contributed by atoms with E-state index in [1.54, 1.807) is 6.33 Å². The summed E-state index contributed by atoms with van der Waals surface area (Å²) in [6.07, 6.45) is 2.76. The van der Waals surface area contributed by atoms with Crippen molar-refractivity contribution in [2.24, 2.45) is 0 Å². The fourth-order valence-corrected chi connectivity index (χ4v) is 1.72. The summed E-state index contributed by atoms with van der Waals surface area (Å²) in [6, 6.07) is 2.51. The van der Waals surface area contributed by atoms with Gasteiger partial charge in [-0.05, 0) is 27.2 Å². The summed E-state index contributed by atoms with van der Waals surface area (Å²) in [5.41, 5.74) is 1.02. The van der Waals surface area contributed by atoms with Crippen LogP contribution in [0, 0.1) is 6.92 Å². The quantitative estimate of drug-likeness (QED) is 0.772. The lowest BCUT2D eigenvalue weighted by molar-refractivity contribution is 0.663. The van der Waals surface area contributed by atoms with Gasteiger partial charge in [-0.1, -0.05) is 15.9 Å². The molecule has 0 amide bonds. The molecule has 4 heteroatoms. The lowest BCUT2D eigenvalue weighted by Crippen LogP contribution is -2.32. The third-order valence-corrected chi connectivity index (χ3v) is 2.80. The number of aryl methyl sites for hydroxylation is 1. The van der Waals surface area contributed by atoms with Crippen LogP contribution in [0.5, 0.6) is 0 Å². The number of alkyl halides is 1. The van der Waals surface area contributed by atoms with Crippen molar-refractivity contribution in [1.82, 2.24) is 9.97 Å². The molecule has 0 aliphatic rings. The molecule has 3 nitrogen and oxygen atoms in total. The van der Waals surface area contributed by atoms with Gasteiger partial charge in [-0.2, -0.15) is 0 Å². The van der Waals surface area contributed by atoms with E-state index in [-0.39, 0.29) is 0 Å². The Morgan fingerprint density at radius 1 is 1.40 bits per heavy atom. The van der Waals surface area contributed by atoms with Crippen LogP contribution in [-0.4, -0.2) is 27.9 Å². The zero-order valence-electron chi connectivity index (χ0n) is 9.57. The molecule has 0 fully saturated rings. The lowest BCUT2D eigenvalue weighted by atomic mass is 10.2. The Morgan fingerprint density at radius 3 is 2.67 bits per heavy atom. The maximum absolute atomic E-state index is 4.31. The van der Waals surface area contributed by atoms with Crippen LogP contribution < -0.4 is 4.90 Å². The molecule has 1 aromatic heterocycles. The Hall–Kier alpha value is -0.640. The number of rotatable bonds is 5. The minimum absolute atomic E-state index is 0.471. The third kappa shape index (κ3) is 3.78. The second-order valence-electron chi connectivity index (χ2n) is 3.85. The van der Waals surface area contributed by atoms with Crippen molar-refractivity contribution in [3.05, 3.63) is 18.1 Å². The van der Waals surface area contributed by atoms with Crippen molar-refractivity contribution in [3.8, 4) is 0 Å². The van der Waals surface area contributed by atoms with E-state index in [0.29, 0.717) is 6.04 Å². The molecule has 15 heavy (non-hydrogen) atoms. The van der Waals surface area contributed by atoms with E-state index in [0.717, 1.165) is 29.8 Å². The maximum Gasteiger partial charge on any atom is 0.132 e. The topological polar surface area (TPSA) is 29.0 Å². The molecule has 0 spiro atoms. The maximum atomic E-state index is 4.31. The molecule has 0 unspecified atom stereocenters. The summed E-state index contributed by atoms with van der Waals surface area (Å²) >= 11 is 3.45. The van der Waals surface area contributed by atoms with Crippen molar-refractivity contribution in [3.63, 3.8) is 0 Å². The van der Waals surface area contributed by atoms with E-state index < -0.39 is 0 Å². The largest absolute Gasteiger partial charge is 0.354 e. The van der Waals surface area contributed by atoms with Gasteiger partial charge < -0.3 is 4.90 Å². The number of hydrogen-bond donors (Lipinski definition) is 0. The predicted molar refractivity (Wildman–Crippen MR) is 67.7 cm³/mol. The van der Waals surface area contributed by atoms with Crippen LogP contribution >= 0.6 is 15.9 Å². The fourth-order valence-electron chi connectivity index (χ4n) is 1.46. The van der Waals surface area contributed by atoms with Gasteiger partial charge in [-0.15, -0.1) is 0 Å². The molecule has 0 saturated heterocycles. The zero-order valence-corrected chi connectivity index (χ0v) is 11.2. The molecule has 0 saturated carbocycles. The molecule has 0 radical (unpaired) electrons. The van der Waals surface area contributed by atoms with E-state index in [9.17, 15) is 0 Å².